The summed E-state index contributed by atoms with van der Waals surface area (Å²) in [6.45, 7) is 1.49. The Labute approximate surface area is 115 Å². The summed E-state index contributed by atoms with van der Waals surface area (Å²) < 4.78 is 12.8. The summed E-state index contributed by atoms with van der Waals surface area (Å²) >= 11 is 3.19. The normalized spacial score (nSPS) is 13.7. The van der Waals surface area contributed by atoms with E-state index in [4.69, 9.17) is 5.11 Å². The average Bonchev–Trinajstić information content (AvgIpc) is 2.35. The van der Waals surface area contributed by atoms with Gasteiger partial charge in [0.05, 0.1) is 21.3 Å². The minimum atomic E-state index is -1.72. The van der Waals surface area contributed by atoms with Gasteiger partial charge in [0.15, 0.2) is 0 Å². The first-order valence-electron chi connectivity index (χ1n) is 5.03. The Balaban J connectivity index is 3.23. The highest BCUT2D eigenvalue weighted by molar-refractivity contribution is 9.10. The third kappa shape index (κ3) is 3.17. The van der Waals surface area contributed by atoms with Crippen molar-refractivity contribution in [2.75, 3.05) is 7.05 Å². The second-order valence-electron chi connectivity index (χ2n) is 3.50. The summed E-state index contributed by atoms with van der Waals surface area (Å²) in [7, 11) is -0.284. The summed E-state index contributed by atoms with van der Waals surface area (Å²) in [5.74, 6) is -1.57. The Bertz CT molecular complexity index is 518. The zero-order valence-corrected chi connectivity index (χ0v) is 12.2. The van der Waals surface area contributed by atoms with Gasteiger partial charge in [0, 0.05) is 11.5 Å². The smallest absolute Gasteiger partial charge is 0.336 e. The largest absolute Gasteiger partial charge is 0.478 e. The standard InChI is InChI=1S/C11H12BrNO4S/c1-6(10(14)13-2)18(17)9-5-7(12)3-4-8(9)11(15)16/h3-6H,1-2H3,(H,13,14)(H,15,16). The number of carboxylic acids is 1. The van der Waals surface area contributed by atoms with Gasteiger partial charge in [-0.15, -0.1) is 0 Å². The van der Waals surface area contributed by atoms with Crippen LogP contribution >= 0.6 is 15.9 Å². The van der Waals surface area contributed by atoms with Crippen molar-refractivity contribution >= 4 is 38.6 Å². The number of nitrogens with one attached hydrogen (secondary N) is 1. The van der Waals surface area contributed by atoms with Gasteiger partial charge in [-0.2, -0.15) is 0 Å². The van der Waals surface area contributed by atoms with Crippen LogP contribution in [0.15, 0.2) is 27.6 Å². The molecule has 0 saturated heterocycles. The van der Waals surface area contributed by atoms with Gasteiger partial charge in [-0.25, -0.2) is 4.79 Å². The molecule has 5 nitrogen and oxygen atoms in total. The van der Waals surface area contributed by atoms with Crippen LogP contribution in [0.5, 0.6) is 0 Å². The fraction of sp³-hybridized carbons (Fsp3) is 0.273. The molecule has 0 aliphatic carbocycles. The summed E-state index contributed by atoms with van der Waals surface area (Å²) in [6.07, 6.45) is 0. The fourth-order valence-corrected chi connectivity index (χ4v) is 3.15. The van der Waals surface area contributed by atoms with Crippen molar-refractivity contribution in [1.29, 1.82) is 0 Å². The number of carbonyl (C=O) groups excluding carboxylic acids is 1. The van der Waals surface area contributed by atoms with Gasteiger partial charge in [-0.1, -0.05) is 15.9 Å². The van der Waals surface area contributed by atoms with E-state index in [9.17, 15) is 13.8 Å². The first-order valence-corrected chi connectivity index (χ1v) is 7.04. The van der Waals surface area contributed by atoms with E-state index in [0.29, 0.717) is 4.47 Å². The maximum atomic E-state index is 12.2. The van der Waals surface area contributed by atoms with Gasteiger partial charge in [-0.05, 0) is 25.1 Å². The lowest BCUT2D eigenvalue weighted by atomic mass is 10.2. The van der Waals surface area contributed by atoms with E-state index in [1.165, 1.54) is 26.1 Å². The van der Waals surface area contributed by atoms with E-state index in [0.717, 1.165) is 0 Å². The highest BCUT2D eigenvalue weighted by Crippen LogP contribution is 2.22. The maximum absolute atomic E-state index is 12.2. The lowest BCUT2D eigenvalue weighted by molar-refractivity contribution is -0.119. The van der Waals surface area contributed by atoms with Crippen LogP contribution in [0.3, 0.4) is 0 Å². The molecule has 1 amide bonds. The van der Waals surface area contributed by atoms with Crippen LogP contribution in [0.4, 0.5) is 0 Å². The van der Waals surface area contributed by atoms with Gasteiger partial charge in [0.2, 0.25) is 5.91 Å². The number of rotatable bonds is 4. The number of hydrogen-bond donors (Lipinski definition) is 2. The Hall–Kier alpha value is -1.21. The maximum Gasteiger partial charge on any atom is 0.336 e. The molecule has 1 aromatic carbocycles. The van der Waals surface area contributed by atoms with Crippen molar-refractivity contribution in [2.24, 2.45) is 0 Å². The first kappa shape index (κ1) is 14.8. The van der Waals surface area contributed by atoms with Gasteiger partial charge < -0.3 is 10.4 Å². The highest BCUT2D eigenvalue weighted by Gasteiger charge is 2.24. The van der Waals surface area contributed by atoms with Gasteiger partial charge in [0.1, 0.15) is 5.25 Å². The van der Waals surface area contributed by atoms with E-state index in [-0.39, 0.29) is 10.5 Å². The molecule has 0 aliphatic heterocycles. The molecule has 18 heavy (non-hydrogen) atoms. The number of amides is 1. The van der Waals surface area contributed by atoms with Crippen molar-refractivity contribution in [2.45, 2.75) is 17.1 Å². The minimum Gasteiger partial charge on any atom is -0.478 e. The molecule has 0 radical (unpaired) electrons. The molecule has 0 heterocycles. The summed E-state index contributed by atoms with van der Waals surface area (Å²) in [5, 5.41) is 10.6. The number of carbonyl (C=O) groups is 2. The van der Waals surface area contributed by atoms with Gasteiger partial charge >= 0.3 is 5.97 Å². The zero-order chi connectivity index (χ0) is 13.9. The molecule has 2 N–H and O–H groups in total. The quantitative estimate of drug-likeness (QED) is 0.872. The summed E-state index contributed by atoms with van der Waals surface area (Å²) in [6, 6.07) is 4.37. The number of halogens is 1. The van der Waals surface area contributed by atoms with Crippen LogP contribution in [-0.2, 0) is 15.6 Å². The van der Waals surface area contributed by atoms with Crippen LogP contribution in [0.25, 0.3) is 0 Å². The van der Waals surface area contributed by atoms with Crippen LogP contribution < -0.4 is 5.32 Å². The van der Waals surface area contributed by atoms with E-state index in [1.807, 2.05) is 0 Å². The SMILES string of the molecule is CNC(=O)C(C)S(=O)c1cc(Br)ccc1C(=O)O. The summed E-state index contributed by atoms with van der Waals surface area (Å²) in [4.78, 5) is 22.6. The molecule has 2 atom stereocenters. The predicted octanol–water partition coefficient (Wildman–Crippen LogP) is 1.39. The molecule has 98 valence electrons. The second-order valence-corrected chi connectivity index (χ2v) is 6.16. The number of aromatic carboxylic acids is 1. The Morgan fingerprint density at radius 2 is 2.06 bits per heavy atom. The molecule has 1 aromatic rings. The Morgan fingerprint density at radius 1 is 1.44 bits per heavy atom. The predicted molar refractivity (Wildman–Crippen MR) is 71.0 cm³/mol. The molecule has 1 rings (SSSR count). The van der Waals surface area contributed by atoms with E-state index < -0.39 is 27.9 Å². The van der Waals surface area contributed by atoms with Crippen molar-refractivity contribution in [3.8, 4) is 0 Å². The molecular formula is C11H12BrNO4S. The highest BCUT2D eigenvalue weighted by atomic mass is 79.9. The molecule has 0 bridgehead atoms. The van der Waals surface area contributed by atoms with Crippen molar-refractivity contribution in [1.82, 2.24) is 5.32 Å². The molecular weight excluding hydrogens is 322 g/mol. The zero-order valence-electron chi connectivity index (χ0n) is 9.77. The summed E-state index contributed by atoms with van der Waals surface area (Å²) in [5.41, 5.74) is -0.0627. The lowest BCUT2D eigenvalue weighted by Crippen LogP contribution is -2.33. The molecule has 7 heteroatoms. The van der Waals surface area contributed by atoms with Gasteiger partial charge in [0.25, 0.3) is 0 Å². The molecule has 2 unspecified atom stereocenters. The molecule has 0 aromatic heterocycles. The topological polar surface area (TPSA) is 83.5 Å². The van der Waals surface area contributed by atoms with E-state index in [2.05, 4.69) is 21.2 Å². The van der Waals surface area contributed by atoms with Crippen LogP contribution in [0, 0.1) is 0 Å². The Morgan fingerprint density at radius 3 is 2.56 bits per heavy atom. The van der Waals surface area contributed by atoms with Crippen LogP contribution in [-0.4, -0.2) is 33.5 Å². The molecule has 0 fully saturated rings. The second kappa shape index (κ2) is 6.10. The monoisotopic (exact) mass is 333 g/mol. The molecule has 0 saturated carbocycles. The van der Waals surface area contributed by atoms with Gasteiger partial charge in [-0.3, -0.25) is 9.00 Å². The third-order valence-corrected chi connectivity index (χ3v) is 4.45. The minimum absolute atomic E-state index is 0.0627. The van der Waals surface area contributed by atoms with E-state index >= 15 is 0 Å². The molecule has 0 spiro atoms. The lowest BCUT2D eigenvalue weighted by Gasteiger charge is -2.12. The molecule has 0 aliphatic rings. The van der Waals surface area contributed by atoms with Crippen LogP contribution in [0.2, 0.25) is 0 Å². The van der Waals surface area contributed by atoms with Crippen molar-refractivity contribution in [3.05, 3.63) is 28.2 Å². The van der Waals surface area contributed by atoms with Crippen molar-refractivity contribution < 1.29 is 18.9 Å². The Kier molecular flexibility index (Phi) is 5.03. The van der Waals surface area contributed by atoms with Crippen molar-refractivity contribution in [3.63, 3.8) is 0 Å². The third-order valence-electron chi connectivity index (χ3n) is 2.33. The number of benzene rings is 1. The average molecular weight is 334 g/mol. The van der Waals surface area contributed by atoms with E-state index in [1.54, 1.807) is 6.07 Å². The number of carboxylic acid groups (broad SMARTS) is 1. The number of hydrogen-bond acceptors (Lipinski definition) is 3. The fourth-order valence-electron chi connectivity index (χ4n) is 1.33. The first-order chi connectivity index (χ1) is 8.38. The van der Waals surface area contributed by atoms with Crippen LogP contribution in [0.1, 0.15) is 17.3 Å².